The fourth-order valence-corrected chi connectivity index (χ4v) is 5.29. The molecule has 0 aliphatic carbocycles. The molecule has 0 radical (unpaired) electrons. The molecule has 50 heavy (non-hydrogen) atoms. The van der Waals surface area contributed by atoms with Crippen LogP contribution in [-0.2, 0) is 23.9 Å². The molecule has 0 unspecified atom stereocenters. The first-order valence-corrected chi connectivity index (χ1v) is 16.7. The topological polar surface area (TPSA) is 171 Å². The Labute approximate surface area is 293 Å². The first-order chi connectivity index (χ1) is 23.3. The third-order valence-corrected chi connectivity index (χ3v) is 7.87. The standard InChI is InChI=1S/C38H49N7O5/c1-11-39-32(46)33(47)44-28(36(2,3)4)30-40-20-26(42-30)24-16-12-22(13-17-24)23-14-18-25(19-15-23)27-21-41-31(43-27)29(37(5,6)7)45-34(48)35(49)50-38(8,9)10/h12-21,28-29H,11H2,1-10H3,(H,39,46)(H,40,42)(H,41,43)(H,44,47)(H,45,48)/t28-,29-/m1/s1. The van der Waals surface area contributed by atoms with Crippen LogP contribution in [0.25, 0.3) is 33.6 Å². The summed E-state index contributed by atoms with van der Waals surface area (Å²) < 4.78 is 5.24. The van der Waals surface area contributed by atoms with Crippen LogP contribution < -0.4 is 16.0 Å². The summed E-state index contributed by atoms with van der Waals surface area (Å²) in [6.07, 6.45) is 3.44. The van der Waals surface area contributed by atoms with Crippen molar-refractivity contribution < 1.29 is 23.9 Å². The SMILES string of the molecule is CCNC(=O)C(=O)N[C@H](c1ncc(-c2ccc(-c3ccc(-c4cnc([C@@H](NC(=O)C(=O)OC(C)(C)C)C(C)(C)C)[nH]4)cc3)cc2)[nH]1)C(C)(C)C. The molecule has 2 heterocycles. The highest BCUT2D eigenvalue weighted by Gasteiger charge is 2.34. The van der Waals surface area contributed by atoms with E-state index in [1.54, 1.807) is 40.1 Å². The van der Waals surface area contributed by atoms with E-state index in [1.165, 1.54) is 0 Å². The number of nitrogens with one attached hydrogen (secondary N) is 5. The third kappa shape index (κ3) is 9.46. The molecule has 0 aliphatic heterocycles. The molecule has 12 heteroatoms. The van der Waals surface area contributed by atoms with Gasteiger partial charge in [0, 0.05) is 6.54 Å². The van der Waals surface area contributed by atoms with Gasteiger partial charge in [-0.1, -0.05) is 90.1 Å². The minimum Gasteiger partial charge on any atom is -0.453 e. The summed E-state index contributed by atoms with van der Waals surface area (Å²) in [6, 6.07) is 15.0. The second kappa shape index (κ2) is 14.7. The molecule has 0 fully saturated rings. The number of carbonyl (C=O) groups excluding carboxylic acids is 4. The number of aromatic nitrogens is 4. The average Bonchev–Trinajstić information content (AvgIpc) is 3.71. The van der Waals surface area contributed by atoms with Crippen molar-refractivity contribution in [1.29, 1.82) is 0 Å². The largest absolute Gasteiger partial charge is 0.453 e. The maximum absolute atomic E-state index is 12.7. The molecule has 0 bridgehead atoms. The van der Waals surface area contributed by atoms with E-state index in [0.29, 0.717) is 18.2 Å². The fraction of sp³-hybridized carbons (Fsp3) is 0.421. The molecule has 5 N–H and O–H groups in total. The summed E-state index contributed by atoms with van der Waals surface area (Å²) in [5.74, 6) is -2.05. The number of carbonyl (C=O) groups is 4. The monoisotopic (exact) mass is 683 g/mol. The summed E-state index contributed by atoms with van der Waals surface area (Å²) in [4.78, 5) is 65.3. The van der Waals surface area contributed by atoms with Crippen LogP contribution >= 0.6 is 0 Å². The number of likely N-dealkylation sites (N-methyl/N-ethyl adjacent to an activating group) is 1. The molecule has 2 aromatic heterocycles. The van der Waals surface area contributed by atoms with Crippen molar-refractivity contribution >= 4 is 23.7 Å². The van der Waals surface area contributed by atoms with Crippen LogP contribution in [0.15, 0.2) is 60.9 Å². The smallest absolute Gasteiger partial charge is 0.397 e. The molecule has 12 nitrogen and oxygen atoms in total. The number of rotatable bonds is 8. The van der Waals surface area contributed by atoms with E-state index in [2.05, 4.69) is 35.9 Å². The summed E-state index contributed by atoms with van der Waals surface area (Å²) >= 11 is 0. The van der Waals surface area contributed by atoms with E-state index < -0.39 is 52.2 Å². The van der Waals surface area contributed by atoms with Crippen molar-refractivity contribution in [3.8, 4) is 33.6 Å². The zero-order valence-electron chi connectivity index (χ0n) is 30.6. The minimum absolute atomic E-state index is 0.364. The number of hydrogen-bond donors (Lipinski definition) is 5. The number of aromatic amines is 2. The molecule has 0 saturated carbocycles. The number of nitrogens with zero attached hydrogens (tertiary/aromatic N) is 2. The highest BCUT2D eigenvalue weighted by Crippen LogP contribution is 2.34. The van der Waals surface area contributed by atoms with Crippen LogP contribution in [0, 0.1) is 10.8 Å². The van der Waals surface area contributed by atoms with Crippen molar-refractivity contribution in [1.82, 2.24) is 35.9 Å². The number of ether oxygens (including phenoxy) is 1. The van der Waals surface area contributed by atoms with Crippen LogP contribution in [0.2, 0.25) is 0 Å². The van der Waals surface area contributed by atoms with Gasteiger partial charge in [0.1, 0.15) is 17.2 Å². The average molecular weight is 684 g/mol. The predicted octanol–water partition coefficient (Wildman–Crippen LogP) is 6.02. The number of esters is 1. The molecule has 2 aromatic carbocycles. The second-order valence-electron chi connectivity index (χ2n) is 15.4. The van der Waals surface area contributed by atoms with Gasteiger partial charge in [-0.2, -0.15) is 0 Å². The summed E-state index contributed by atoms with van der Waals surface area (Å²) in [6.45, 7) is 19.0. The predicted molar refractivity (Wildman–Crippen MR) is 192 cm³/mol. The van der Waals surface area contributed by atoms with Gasteiger partial charge in [-0.15, -0.1) is 0 Å². The Morgan fingerprint density at radius 3 is 1.36 bits per heavy atom. The van der Waals surface area contributed by atoms with Crippen LogP contribution in [0.1, 0.15) is 93.0 Å². The minimum atomic E-state index is -0.939. The maximum Gasteiger partial charge on any atom is 0.397 e. The van der Waals surface area contributed by atoms with E-state index in [0.717, 1.165) is 33.6 Å². The first-order valence-electron chi connectivity index (χ1n) is 16.7. The molecule has 2 atom stereocenters. The van der Waals surface area contributed by atoms with Gasteiger partial charge < -0.3 is 30.7 Å². The molecule has 4 aromatic rings. The summed E-state index contributed by atoms with van der Waals surface area (Å²) in [7, 11) is 0. The van der Waals surface area contributed by atoms with Gasteiger partial charge in [-0.3, -0.25) is 14.4 Å². The zero-order valence-corrected chi connectivity index (χ0v) is 30.6. The molecule has 266 valence electrons. The lowest BCUT2D eigenvalue weighted by atomic mass is 9.86. The van der Waals surface area contributed by atoms with Crippen molar-refractivity contribution in [3.63, 3.8) is 0 Å². The van der Waals surface area contributed by atoms with Crippen LogP contribution in [0.4, 0.5) is 0 Å². The van der Waals surface area contributed by atoms with Crippen molar-refractivity contribution in [2.24, 2.45) is 10.8 Å². The Bertz CT molecular complexity index is 1820. The number of benzene rings is 2. The Morgan fingerprint density at radius 1 is 0.620 bits per heavy atom. The highest BCUT2D eigenvalue weighted by molar-refractivity contribution is 6.35. The Morgan fingerprint density at radius 2 is 1.00 bits per heavy atom. The van der Waals surface area contributed by atoms with Gasteiger partial charge in [0.05, 0.1) is 35.9 Å². The lowest BCUT2D eigenvalue weighted by Gasteiger charge is -2.30. The van der Waals surface area contributed by atoms with Crippen LogP contribution in [0.5, 0.6) is 0 Å². The zero-order chi connectivity index (χ0) is 37.0. The number of imidazole rings is 2. The van der Waals surface area contributed by atoms with Crippen LogP contribution in [0.3, 0.4) is 0 Å². The summed E-state index contributed by atoms with van der Waals surface area (Å²) in [5.41, 5.74) is 3.79. The van der Waals surface area contributed by atoms with Gasteiger partial charge in [-0.05, 0) is 60.8 Å². The number of amides is 3. The first kappa shape index (κ1) is 37.6. The van der Waals surface area contributed by atoms with E-state index >= 15 is 0 Å². The van der Waals surface area contributed by atoms with Gasteiger partial charge in [0.25, 0.3) is 0 Å². The molecular formula is C38H49N7O5. The Kier molecular flexibility index (Phi) is 11.0. The maximum atomic E-state index is 12.7. The molecule has 3 amide bonds. The van der Waals surface area contributed by atoms with E-state index in [4.69, 9.17) is 4.74 Å². The molecule has 4 rings (SSSR count). The number of H-pyrrole nitrogens is 2. The van der Waals surface area contributed by atoms with Crippen molar-refractivity contribution in [2.75, 3.05) is 6.54 Å². The lowest BCUT2D eigenvalue weighted by Crippen LogP contribution is -2.45. The van der Waals surface area contributed by atoms with E-state index in [-0.39, 0.29) is 0 Å². The highest BCUT2D eigenvalue weighted by atomic mass is 16.6. The number of hydrogen-bond acceptors (Lipinski definition) is 7. The lowest BCUT2D eigenvalue weighted by molar-refractivity contribution is -0.164. The third-order valence-electron chi connectivity index (χ3n) is 7.87. The van der Waals surface area contributed by atoms with Gasteiger partial charge in [-0.25, -0.2) is 14.8 Å². The van der Waals surface area contributed by atoms with Gasteiger partial charge in [0.15, 0.2) is 0 Å². The quantitative estimate of drug-likeness (QED) is 0.112. The summed E-state index contributed by atoms with van der Waals surface area (Å²) in [5, 5.41) is 8.13. The molecule has 0 spiro atoms. The molecule has 0 aliphatic rings. The molecular weight excluding hydrogens is 634 g/mol. The Balaban J connectivity index is 1.47. The van der Waals surface area contributed by atoms with Crippen LogP contribution in [-0.4, -0.2) is 55.8 Å². The van der Waals surface area contributed by atoms with Gasteiger partial charge >= 0.3 is 23.7 Å². The van der Waals surface area contributed by atoms with Crippen molar-refractivity contribution in [3.05, 3.63) is 72.6 Å². The molecule has 0 saturated heterocycles. The fourth-order valence-electron chi connectivity index (χ4n) is 5.29. The normalized spacial score (nSPS) is 13.2. The van der Waals surface area contributed by atoms with E-state index in [9.17, 15) is 19.2 Å². The van der Waals surface area contributed by atoms with Gasteiger partial charge in [0.2, 0.25) is 0 Å². The van der Waals surface area contributed by atoms with E-state index in [1.807, 2.05) is 90.1 Å². The Hall–Kier alpha value is -5.26. The second-order valence-corrected chi connectivity index (χ2v) is 15.4. The van der Waals surface area contributed by atoms with Crippen molar-refractivity contribution in [2.45, 2.75) is 86.9 Å².